The van der Waals surface area contributed by atoms with Crippen LogP contribution in [0, 0.1) is 0 Å². The Morgan fingerprint density at radius 3 is 2.29 bits per heavy atom. The summed E-state index contributed by atoms with van der Waals surface area (Å²) < 4.78 is 11.9. The highest BCUT2D eigenvalue weighted by molar-refractivity contribution is 8.53. The van der Waals surface area contributed by atoms with Gasteiger partial charge in [-0.05, 0) is 12.8 Å². The van der Waals surface area contributed by atoms with E-state index in [4.69, 9.17) is 9.79 Å². The van der Waals surface area contributed by atoms with Crippen molar-refractivity contribution < 1.29 is 19.1 Å². The summed E-state index contributed by atoms with van der Waals surface area (Å²) in [6.07, 6.45) is 5.38. The van der Waals surface area contributed by atoms with E-state index >= 15 is 0 Å². The molecule has 1 fully saturated rings. The molecule has 0 atom stereocenters. The Bertz CT molecular complexity index is 238. The molecule has 0 aliphatic heterocycles. The fourth-order valence-electron chi connectivity index (χ4n) is 1.63. The van der Waals surface area contributed by atoms with Gasteiger partial charge in [-0.15, -0.1) is 0 Å². The molecule has 1 saturated carbocycles. The first kappa shape index (κ1) is 12.0. The van der Waals surface area contributed by atoms with Crippen molar-refractivity contribution in [2.45, 2.75) is 38.1 Å². The number of rotatable bonds is 4. The van der Waals surface area contributed by atoms with E-state index in [-0.39, 0.29) is 6.04 Å². The fourth-order valence-corrected chi connectivity index (χ4v) is 3.51. The lowest BCUT2D eigenvalue weighted by atomic mass is 9.96. The summed E-state index contributed by atoms with van der Waals surface area (Å²) in [4.78, 5) is 28.1. The number of amides is 1. The molecule has 5 nitrogen and oxygen atoms in total. The van der Waals surface area contributed by atoms with Crippen LogP contribution in [0.2, 0.25) is 0 Å². The van der Waals surface area contributed by atoms with Gasteiger partial charge in [0.2, 0.25) is 6.41 Å². The van der Waals surface area contributed by atoms with Crippen LogP contribution in [0.4, 0.5) is 0 Å². The molecule has 0 aromatic rings. The maximum Gasteiger partial charge on any atom is 0.404 e. The average molecular weight is 239 g/mol. The largest absolute Gasteiger partial charge is 0.404 e. The Morgan fingerprint density at radius 2 is 1.86 bits per heavy atom. The first-order valence-electron chi connectivity index (χ1n) is 4.52. The smallest absolute Gasteiger partial charge is 0.315 e. The zero-order valence-electron chi connectivity index (χ0n) is 7.70. The lowest BCUT2D eigenvalue weighted by molar-refractivity contribution is -0.115. The zero-order chi connectivity index (χ0) is 10.6. The summed E-state index contributed by atoms with van der Waals surface area (Å²) in [5.74, 6) is 0. The standard InChI is InChI=1S/C7H14NO4PS/c9-6-8(14-13(10,11)12)7-4-2-1-3-5-7/h6-7H,1-5H2,(H2,10,11,12). The number of hydrogen-bond donors (Lipinski definition) is 2. The summed E-state index contributed by atoms with van der Waals surface area (Å²) >= 11 is 0.340. The number of nitrogens with zero attached hydrogens (tertiary/aromatic N) is 1. The molecule has 1 aliphatic rings. The molecule has 14 heavy (non-hydrogen) atoms. The van der Waals surface area contributed by atoms with Crippen LogP contribution in [0.1, 0.15) is 32.1 Å². The molecule has 0 aromatic heterocycles. The maximum atomic E-state index is 10.7. The second-order valence-electron chi connectivity index (χ2n) is 3.33. The molecule has 1 amide bonds. The van der Waals surface area contributed by atoms with E-state index in [0.717, 1.165) is 32.1 Å². The van der Waals surface area contributed by atoms with Gasteiger partial charge in [0.15, 0.2) is 0 Å². The third-order valence-corrected chi connectivity index (χ3v) is 4.23. The molecule has 0 saturated heterocycles. The van der Waals surface area contributed by atoms with Crippen LogP contribution < -0.4 is 0 Å². The third-order valence-electron chi connectivity index (χ3n) is 2.24. The number of carbonyl (C=O) groups is 1. The molecule has 0 heterocycles. The Balaban J connectivity index is 2.52. The van der Waals surface area contributed by atoms with E-state index in [9.17, 15) is 9.36 Å². The first-order chi connectivity index (χ1) is 6.53. The van der Waals surface area contributed by atoms with Crippen molar-refractivity contribution in [3.05, 3.63) is 0 Å². The number of carbonyl (C=O) groups excluding carboxylic acids is 1. The van der Waals surface area contributed by atoms with E-state index in [2.05, 4.69) is 0 Å². The highest BCUT2D eigenvalue weighted by Gasteiger charge is 2.27. The Labute approximate surface area is 86.9 Å². The minimum Gasteiger partial charge on any atom is -0.315 e. The minimum atomic E-state index is -4.19. The molecule has 1 aliphatic carbocycles. The maximum absolute atomic E-state index is 10.7. The highest BCUT2D eigenvalue weighted by atomic mass is 32.7. The summed E-state index contributed by atoms with van der Waals surface area (Å²) in [5, 5.41) is 0. The molecule has 2 N–H and O–H groups in total. The van der Waals surface area contributed by atoms with Crippen molar-refractivity contribution in [2.75, 3.05) is 0 Å². The van der Waals surface area contributed by atoms with Crippen LogP contribution in [0.3, 0.4) is 0 Å². The monoisotopic (exact) mass is 239 g/mol. The van der Waals surface area contributed by atoms with Crippen molar-refractivity contribution in [3.8, 4) is 0 Å². The molecule has 82 valence electrons. The van der Waals surface area contributed by atoms with Gasteiger partial charge in [0.25, 0.3) is 0 Å². The van der Waals surface area contributed by atoms with Gasteiger partial charge in [0.05, 0.1) is 11.6 Å². The lowest BCUT2D eigenvalue weighted by Crippen LogP contribution is -2.30. The van der Waals surface area contributed by atoms with Crippen molar-refractivity contribution in [2.24, 2.45) is 0 Å². The van der Waals surface area contributed by atoms with Crippen LogP contribution >= 0.6 is 18.4 Å². The first-order valence-corrected chi connectivity index (χ1v) is 7.51. The summed E-state index contributed by atoms with van der Waals surface area (Å²) in [5.41, 5.74) is 0. The van der Waals surface area contributed by atoms with Gasteiger partial charge < -0.3 is 9.79 Å². The normalized spacial score (nSPS) is 19.3. The third kappa shape index (κ3) is 4.00. The molecule has 7 heteroatoms. The van der Waals surface area contributed by atoms with E-state index in [1.807, 2.05) is 0 Å². The zero-order valence-corrected chi connectivity index (χ0v) is 9.41. The second-order valence-corrected chi connectivity index (χ2v) is 6.81. The van der Waals surface area contributed by atoms with Gasteiger partial charge in [0, 0.05) is 6.04 Å². The minimum absolute atomic E-state index is 0.0149. The Hall–Kier alpha value is -0.0300. The molecule has 0 spiro atoms. The van der Waals surface area contributed by atoms with Gasteiger partial charge in [-0.1, -0.05) is 19.3 Å². The van der Waals surface area contributed by atoms with Crippen LogP contribution in [0.25, 0.3) is 0 Å². The Morgan fingerprint density at radius 1 is 1.29 bits per heavy atom. The quantitative estimate of drug-likeness (QED) is 0.442. The average Bonchev–Trinajstić information content (AvgIpc) is 2.14. The van der Waals surface area contributed by atoms with Crippen LogP contribution in [-0.2, 0) is 9.36 Å². The molecule has 0 bridgehead atoms. The molecular weight excluding hydrogens is 225 g/mol. The summed E-state index contributed by atoms with van der Waals surface area (Å²) in [7, 11) is 0. The second kappa shape index (κ2) is 5.16. The van der Waals surface area contributed by atoms with E-state index in [1.165, 1.54) is 4.31 Å². The predicted molar refractivity (Wildman–Crippen MR) is 54.4 cm³/mol. The highest BCUT2D eigenvalue weighted by Crippen LogP contribution is 2.52. The van der Waals surface area contributed by atoms with Crippen molar-refractivity contribution in [3.63, 3.8) is 0 Å². The predicted octanol–water partition coefficient (Wildman–Crippen LogP) is 1.52. The summed E-state index contributed by atoms with van der Waals surface area (Å²) in [6.45, 7) is -4.19. The van der Waals surface area contributed by atoms with Crippen molar-refractivity contribution in [1.29, 1.82) is 0 Å². The molecule has 1 rings (SSSR count). The van der Waals surface area contributed by atoms with Crippen LogP contribution in [0.5, 0.6) is 0 Å². The van der Waals surface area contributed by atoms with E-state index in [0.29, 0.717) is 18.0 Å². The SMILES string of the molecule is O=CN(SP(=O)(O)O)C1CCCCC1. The van der Waals surface area contributed by atoms with Gasteiger partial charge in [-0.25, -0.2) is 4.57 Å². The van der Waals surface area contributed by atoms with Gasteiger partial charge in [-0.2, -0.15) is 0 Å². The number of hydrogen-bond acceptors (Lipinski definition) is 3. The van der Waals surface area contributed by atoms with Crippen molar-refractivity contribution in [1.82, 2.24) is 4.31 Å². The van der Waals surface area contributed by atoms with Crippen LogP contribution in [0.15, 0.2) is 0 Å². The van der Waals surface area contributed by atoms with Crippen LogP contribution in [-0.4, -0.2) is 26.5 Å². The summed E-state index contributed by atoms with van der Waals surface area (Å²) in [6, 6.07) is -0.0149. The fraction of sp³-hybridized carbons (Fsp3) is 0.857. The molecule has 0 unspecified atom stereocenters. The van der Waals surface area contributed by atoms with Gasteiger partial charge in [0.1, 0.15) is 0 Å². The van der Waals surface area contributed by atoms with E-state index < -0.39 is 6.80 Å². The van der Waals surface area contributed by atoms with E-state index in [1.54, 1.807) is 0 Å². The Kier molecular flexibility index (Phi) is 4.44. The van der Waals surface area contributed by atoms with Gasteiger partial charge >= 0.3 is 6.80 Å². The molecule has 0 aromatic carbocycles. The van der Waals surface area contributed by atoms with Crippen molar-refractivity contribution >= 4 is 24.8 Å². The molecular formula is C7H14NO4PS. The lowest BCUT2D eigenvalue weighted by Gasteiger charge is -2.29. The van der Waals surface area contributed by atoms with Gasteiger partial charge in [-0.3, -0.25) is 9.10 Å². The molecule has 0 radical (unpaired) electrons. The topological polar surface area (TPSA) is 77.8 Å².